The van der Waals surface area contributed by atoms with Crippen molar-refractivity contribution in [3.8, 4) is 17.3 Å². The van der Waals surface area contributed by atoms with Gasteiger partial charge < -0.3 is 4.42 Å². The second-order valence-electron chi connectivity index (χ2n) is 4.21. The van der Waals surface area contributed by atoms with Crippen LogP contribution in [0.25, 0.3) is 22.4 Å². The van der Waals surface area contributed by atoms with E-state index in [9.17, 15) is 0 Å². The van der Waals surface area contributed by atoms with Gasteiger partial charge in [0.05, 0.1) is 5.69 Å². The lowest BCUT2D eigenvalue weighted by Crippen LogP contribution is -1.94. The number of aryl methyl sites for hydroxylation is 2. The summed E-state index contributed by atoms with van der Waals surface area (Å²) in [5, 5.41) is 8.94. The molecule has 0 aliphatic heterocycles. The Bertz CT molecular complexity index is 814. The summed E-state index contributed by atoms with van der Waals surface area (Å²) in [6.07, 6.45) is 0. The van der Waals surface area contributed by atoms with Crippen LogP contribution in [0.5, 0.6) is 0 Å². The molecule has 5 nitrogen and oxygen atoms in total. The number of rotatable bonds is 1. The Hall–Kier alpha value is -2.74. The van der Waals surface area contributed by atoms with E-state index in [1.165, 1.54) is 0 Å². The normalized spacial score (nSPS) is 10.6. The number of fused-ring (bicyclic) bond motifs is 1. The summed E-state index contributed by atoms with van der Waals surface area (Å²) < 4.78 is 5.43. The number of nitrogens with zero attached hydrogens (tertiary/aromatic N) is 4. The minimum absolute atomic E-state index is 0.360. The Morgan fingerprint density at radius 1 is 1.11 bits per heavy atom. The maximum atomic E-state index is 8.94. The Labute approximate surface area is 109 Å². The molecule has 0 amide bonds. The maximum absolute atomic E-state index is 8.94. The number of hydrogen-bond acceptors (Lipinski definition) is 5. The summed E-state index contributed by atoms with van der Waals surface area (Å²) in [6, 6.07) is 9.35. The monoisotopic (exact) mass is 250 g/mol. The number of hydrogen-bond donors (Lipinski definition) is 0. The summed E-state index contributed by atoms with van der Waals surface area (Å²) in [7, 11) is 0. The minimum atomic E-state index is 0.360. The van der Waals surface area contributed by atoms with E-state index in [0.717, 1.165) is 16.7 Å². The molecule has 1 aromatic carbocycles. The highest BCUT2D eigenvalue weighted by molar-refractivity contribution is 5.79. The van der Waals surface area contributed by atoms with Crippen molar-refractivity contribution in [3.63, 3.8) is 0 Å². The van der Waals surface area contributed by atoms with E-state index in [1.807, 2.05) is 31.2 Å². The molecule has 0 bridgehead atoms. The van der Waals surface area contributed by atoms with E-state index < -0.39 is 0 Å². The van der Waals surface area contributed by atoms with Crippen molar-refractivity contribution < 1.29 is 4.42 Å². The van der Waals surface area contributed by atoms with Gasteiger partial charge >= 0.3 is 0 Å². The van der Waals surface area contributed by atoms with Crippen LogP contribution in [0.15, 0.2) is 28.7 Å². The highest BCUT2D eigenvalue weighted by atomic mass is 16.3. The van der Waals surface area contributed by atoms with Gasteiger partial charge in [0.25, 0.3) is 0 Å². The summed E-state index contributed by atoms with van der Waals surface area (Å²) in [5.74, 6) is 1.20. The van der Waals surface area contributed by atoms with Gasteiger partial charge in [0.15, 0.2) is 11.5 Å². The second-order valence-corrected chi connectivity index (χ2v) is 4.21. The lowest BCUT2D eigenvalue weighted by atomic mass is 10.1. The topological polar surface area (TPSA) is 75.6 Å². The average molecular weight is 250 g/mol. The zero-order valence-electron chi connectivity index (χ0n) is 10.5. The minimum Gasteiger partial charge on any atom is -0.441 e. The first-order valence-electron chi connectivity index (χ1n) is 5.79. The van der Waals surface area contributed by atoms with Crippen LogP contribution in [0.3, 0.4) is 0 Å². The predicted molar refractivity (Wildman–Crippen MR) is 69.2 cm³/mol. The van der Waals surface area contributed by atoms with Crippen molar-refractivity contribution in [2.75, 3.05) is 0 Å². The first kappa shape index (κ1) is 11.4. The van der Waals surface area contributed by atoms with E-state index in [-0.39, 0.29) is 0 Å². The largest absolute Gasteiger partial charge is 0.441 e. The van der Waals surface area contributed by atoms with Gasteiger partial charge in [-0.3, -0.25) is 0 Å². The Kier molecular flexibility index (Phi) is 2.50. The third-order valence-corrected chi connectivity index (χ3v) is 2.74. The summed E-state index contributed by atoms with van der Waals surface area (Å²) in [5.41, 5.74) is 3.49. The Morgan fingerprint density at radius 3 is 2.74 bits per heavy atom. The molecule has 2 aromatic heterocycles. The number of aromatic nitrogens is 3. The van der Waals surface area contributed by atoms with Crippen LogP contribution in [-0.4, -0.2) is 15.0 Å². The molecule has 0 unspecified atom stereocenters. The van der Waals surface area contributed by atoms with Gasteiger partial charge in [0.1, 0.15) is 23.1 Å². The van der Waals surface area contributed by atoms with Crippen LogP contribution in [0, 0.1) is 25.2 Å². The van der Waals surface area contributed by atoms with Gasteiger partial charge in [0.2, 0.25) is 0 Å². The van der Waals surface area contributed by atoms with Crippen LogP contribution < -0.4 is 0 Å². The first-order valence-corrected chi connectivity index (χ1v) is 5.79. The van der Waals surface area contributed by atoms with Gasteiger partial charge in [0, 0.05) is 18.6 Å². The molecule has 5 heteroatoms. The van der Waals surface area contributed by atoms with Gasteiger partial charge in [-0.05, 0) is 25.1 Å². The molecular weight excluding hydrogens is 240 g/mol. The lowest BCUT2D eigenvalue weighted by molar-refractivity contribution is 0.561. The zero-order valence-corrected chi connectivity index (χ0v) is 10.5. The quantitative estimate of drug-likeness (QED) is 0.663. The van der Waals surface area contributed by atoms with Crippen molar-refractivity contribution in [1.29, 1.82) is 5.26 Å². The fourth-order valence-corrected chi connectivity index (χ4v) is 1.97. The van der Waals surface area contributed by atoms with Crippen LogP contribution >= 0.6 is 0 Å². The number of oxazole rings is 1. The molecule has 2 heterocycles. The number of nitriles is 1. The molecule has 3 rings (SSSR count). The van der Waals surface area contributed by atoms with Crippen molar-refractivity contribution in [3.05, 3.63) is 41.7 Å². The highest BCUT2D eigenvalue weighted by Gasteiger charge is 2.08. The third-order valence-electron chi connectivity index (χ3n) is 2.74. The molecular formula is C14H10N4O. The maximum Gasteiger partial charge on any atom is 0.192 e. The first-order chi connectivity index (χ1) is 9.15. The summed E-state index contributed by atoms with van der Waals surface area (Å²) in [4.78, 5) is 12.7. The van der Waals surface area contributed by atoms with E-state index in [4.69, 9.17) is 9.68 Å². The molecule has 0 fully saturated rings. The molecule has 0 saturated heterocycles. The highest BCUT2D eigenvalue weighted by Crippen LogP contribution is 2.23. The molecule has 0 saturated carbocycles. The van der Waals surface area contributed by atoms with Crippen LogP contribution in [0.1, 0.15) is 17.4 Å². The molecule has 0 aliphatic rings. The van der Waals surface area contributed by atoms with E-state index in [0.29, 0.717) is 23.1 Å². The van der Waals surface area contributed by atoms with Crippen molar-refractivity contribution in [2.45, 2.75) is 13.8 Å². The molecule has 3 aromatic rings. The van der Waals surface area contributed by atoms with Crippen LogP contribution in [0.2, 0.25) is 0 Å². The van der Waals surface area contributed by atoms with Crippen LogP contribution in [-0.2, 0) is 0 Å². The van der Waals surface area contributed by atoms with Crippen molar-refractivity contribution in [2.24, 2.45) is 0 Å². The molecule has 0 aliphatic carbocycles. The predicted octanol–water partition coefficient (Wildman–Crippen LogP) is 2.77. The molecule has 19 heavy (non-hydrogen) atoms. The van der Waals surface area contributed by atoms with Crippen LogP contribution in [0.4, 0.5) is 0 Å². The average Bonchev–Trinajstić information content (AvgIpc) is 2.76. The smallest absolute Gasteiger partial charge is 0.192 e. The van der Waals surface area contributed by atoms with Gasteiger partial charge in [-0.1, -0.05) is 0 Å². The molecule has 0 N–H and O–H groups in total. The molecule has 0 atom stereocenters. The fraction of sp³-hybridized carbons (Fsp3) is 0.143. The fourth-order valence-electron chi connectivity index (χ4n) is 1.97. The van der Waals surface area contributed by atoms with Crippen molar-refractivity contribution in [1.82, 2.24) is 15.0 Å². The molecule has 0 radical (unpaired) electrons. The van der Waals surface area contributed by atoms with E-state index in [2.05, 4.69) is 15.0 Å². The Morgan fingerprint density at radius 2 is 1.95 bits per heavy atom. The lowest BCUT2D eigenvalue weighted by Gasteiger charge is -2.02. The van der Waals surface area contributed by atoms with Crippen molar-refractivity contribution >= 4 is 11.1 Å². The van der Waals surface area contributed by atoms with E-state index >= 15 is 0 Å². The Balaban J connectivity index is 2.18. The summed E-state index contributed by atoms with van der Waals surface area (Å²) in [6.45, 7) is 3.57. The van der Waals surface area contributed by atoms with Gasteiger partial charge in [-0.2, -0.15) is 5.26 Å². The standard InChI is InChI=1S/C14H10N4O/c1-8-16-11(7-15)6-12(17-8)10-3-4-14-13(5-10)18-9(2)19-14/h3-6H,1-2H3. The van der Waals surface area contributed by atoms with Gasteiger partial charge in [-0.25, -0.2) is 15.0 Å². The zero-order chi connectivity index (χ0) is 13.4. The molecule has 0 spiro atoms. The third kappa shape index (κ3) is 2.04. The summed E-state index contributed by atoms with van der Waals surface area (Å²) >= 11 is 0. The van der Waals surface area contributed by atoms with Gasteiger partial charge in [-0.15, -0.1) is 0 Å². The SMILES string of the molecule is Cc1nc(C#N)cc(-c2ccc3oc(C)nc3c2)n1. The number of benzene rings is 1. The molecule has 92 valence electrons. The second kappa shape index (κ2) is 4.18. The van der Waals surface area contributed by atoms with E-state index in [1.54, 1.807) is 13.0 Å².